The molecule has 4 heteroatoms. The van der Waals surface area contributed by atoms with Gasteiger partial charge in [-0.1, -0.05) is 6.08 Å². The van der Waals surface area contributed by atoms with Crippen molar-refractivity contribution < 1.29 is 18.7 Å². The number of carbonyl (C=O) groups is 1. The number of hydrogen-bond acceptors (Lipinski definition) is 1. The predicted molar refractivity (Wildman–Crippen MR) is 51.8 cm³/mol. The van der Waals surface area contributed by atoms with E-state index in [4.69, 9.17) is 5.11 Å². The van der Waals surface area contributed by atoms with Crippen LogP contribution in [0, 0.1) is 11.6 Å². The van der Waals surface area contributed by atoms with Gasteiger partial charge in [0.1, 0.15) is 17.2 Å². The highest BCUT2D eigenvalue weighted by Gasteiger charge is 2.17. The first-order valence-electron chi connectivity index (χ1n) is 4.38. The molecular formula is C11H10F2O2. The third kappa shape index (κ3) is 2.62. The Balaban J connectivity index is 3.07. The van der Waals surface area contributed by atoms with E-state index in [0.29, 0.717) is 18.4 Å². The molecule has 80 valence electrons. The maximum atomic E-state index is 13.1. The summed E-state index contributed by atoms with van der Waals surface area (Å²) in [6, 6.07) is 2.08. The predicted octanol–water partition coefficient (Wildman–Crippen LogP) is 2.78. The molecule has 0 aliphatic carbocycles. The molecule has 2 nitrogen and oxygen atoms in total. The van der Waals surface area contributed by atoms with Gasteiger partial charge in [0.25, 0.3) is 0 Å². The van der Waals surface area contributed by atoms with Gasteiger partial charge in [0, 0.05) is 0 Å². The molecule has 1 aromatic rings. The lowest BCUT2D eigenvalue weighted by atomic mass is 10.1. The molecule has 1 rings (SSSR count). The molecule has 1 N–H and O–H groups in total. The second kappa shape index (κ2) is 4.68. The average Bonchev–Trinajstić information content (AvgIpc) is 2.12. The maximum absolute atomic E-state index is 13.1. The lowest BCUT2D eigenvalue weighted by Gasteiger charge is -2.03. The lowest BCUT2D eigenvalue weighted by Crippen LogP contribution is -2.05. The van der Waals surface area contributed by atoms with Crippen LogP contribution in [-0.2, 0) is 6.42 Å². The Morgan fingerprint density at radius 3 is 2.33 bits per heavy atom. The first-order chi connectivity index (χ1) is 7.06. The molecule has 15 heavy (non-hydrogen) atoms. The second-order valence-corrected chi connectivity index (χ2v) is 3.07. The summed E-state index contributed by atoms with van der Waals surface area (Å²) in [5.74, 6) is -3.68. The van der Waals surface area contributed by atoms with Crippen LogP contribution in [0.1, 0.15) is 22.3 Å². The van der Waals surface area contributed by atoms with Gasteiger partial charge in [0.2, 0.25) is 0 Å². The van der Waals surface area contributed by atoms with E-state index in [1.807, 2.05) is 0 Å². The third-order valence-corrected chi connectivity index (χ3v) is 1.95. The first kappa shape index (κ1) is 11.4. The smallest absolute Gasteiger partial charge is 0.341 e. The minimum absolute atomic E-state index is 0.426. The van der Waals surface area contributed by atoms with E-state index in [1.54, 1.807) is 6.08 Å². The summed E-state index contributed by atoms with van der Waals surface area (Å²) < 4.78 is 26.3. The van der Waals surface area contributed by atoms with Crippen molar-refractivity contribution in [2.45, 2.75) is 12.8 Å². The number of carboxylic acids is 1. The highest BCUT2D eigenvalue weighted by atomic mass is 19.1. The van der Waals surface area contributed by atoms with Crippen molar-refractivity contribution in [3.05, 3.63) is 47.5 Å². The standard InChI is InChI=1S/C11H10F2O2/c1-2-3-4-7-5-8(12)10(11(14)15)9(13)6-7/h2,5-6H,1,3-4H2,(H,14,15). The van der Waals surface area contributed by atoms with E-state index in [9.17, 15) is 13.6 Å². The van der Waals surface area contributed by atoms with E-state index in [1.165, 1.54) is 0 Å². The number of aryl methyl sites for hydroxylation is 1. The summed E-state index contributed by atoms with van der Waals surface area (Å²) in [6.45, 7) is 3.48. The van der Waals surface area contributed by atoms with Gasteiger partial charge >= 0.3 is 5.97 Å². The summed E-state index contributed by atoms with van der Waals surface area (Å²) in [7, 11) is 0. The SMILES string of the molecule is C=CCCc1cc(F)c(C(=O)O)c(F)c1. The van der Waals surface area contributed by atoms with Crippen LogP contribution in [0.5, 0.6) is 0 Å². The van der Waals surface area contributed by atoms with E-state index >= 15 is 0 Å². The van der Waals surface area contributed by atoms with Crippen LogP contribution in [-0.4, -0.2) is 11.1 Å². The Morgan fingerprint density at radius 1 is 1.40 bits per heavy atom. The quantitative estimate of drug-likeness (QED) is 0.779. The van der Waals surface area contributed by atoms with Gasteiger partial charge < -0.3 is 5.11 Å². The van der Waals surface area contributed by atoms with Crippen LogP contribution >= 0.6 is 0 Å². The molecule has 0 unspecified atom stereocenters. The summed E-state index contributed by atoms with van der Waals surface area (Å²) in [6.07, 6.45) is 2.66. The van der Waals surface area contributed by atoms with Crippen LogP contribution in [0.15, 0.2) is 24.8 Å². The van der Waals surface area contributed by atoms with Crippen LogP contribution in [0.3, 0.4) is 0 Å². The summed E-state index contributed by atoms with van der Waals surface area (Å²) >= 11 is 0. The van der Waals surface area contributed by atoms with E-state index in [2.05, 4.69) is 6.58 Å². The Morgan fingerprint density at radius 2 is 1.93 bits per heavy atom. The Bertz CT molecular complexity index is 377. The summed E-state index contributed by atoms with van der Waals surface area (Å²) in [4.78, 5) is 10.5. The second-order valence-electron chi connectivity index (χ2n) is 3.07. The fourth-order valence-corrected chi connectivity index (χ4v) is 1.24. The molecule has 0 radical (unpaired) electrons. The number of carboxylic acid groups (broad SMARTS) is 1. The number of rotatable bonds is 4. The minimum atomic E-state index is -1.60. The molecule has 0 aliphatic rings. The van der Waals surface area contributed by atoms with Gasteiger partial charge in [-0.2, -0.15) is 0 Å². The van der Waals surface area contributed by atoms with Gasteiger partial charge in [-0.3, -0.25) is 0 Å². The third-order valence-electron chi connectivity index (χ3n) is 1.95. The zero-order chi connectivity index (χ0) is 11.4. The number of hydrogen-bond donors (Lipinski definition) is 1. The molecule has 0 atom stereocenters. The van der Waals surface area contributed by atoms with Crippen molar-refractivity contribution in [1.82, 2.24) is 0 Å². The number of halogens is 2. The molecule has 0 spiro atoms. The van der Waals surface area contributed by atoms with Crippen molar-refractivity contribution in [2.75, 3.05) is 0 Å². The Hall–Kier alpha value is -1.71. The van der Waals surface area contributed by atoms with Crippen molar-refractivity contribution in [1.29, 1.82) is 0 Å². The van der Waals surface area contributed by atoms with Gasteiger partial charge in [0.05, 0.1) is 0 Å². The molecule has 0 amide bonds. The maximum Gasteiger partial charge on any atom is 0.341 e. The number of benzene rings is 1. The molecule has 1 aromatic carbocycles. The fraction of sp³-hybridized carbons (Fsp3) is 0.182. The summed E-state index contributed by atoms with van der Waals surface area (Å²) in [5, 5.41) is 8.52. The molecule has 0 aromatic heterocycles. The molecule has 0 heterocycles. The van der Waals surface area contributed by atoms with E-state index in [0.717, 1.165) is 12.1 Å². The van der Waals surface area contributed by atoms with Crippen molar-refractivity contribution in [3.8, 4) is 0 Å². The summed E-state index contributed by atoms with van der Waals surface area (Å²) in [5.41, 5.74) is -0.479. The van der Waals surface area contributed by atoms with Gasteiger partial charge in [-0.05, 0) is 30.5 Å². The Kier molecular flexibility index (Phi) is 3.55. The largest absolute Gasteiger partial charge is 0.477 e. The average molecular weight is 212 g/mol. The first-order valence-corrected chi connectivity index (χ1v) is 4.38. The molecule has 0 fully saturated rings. The fourth-order valence-electron chi connectivity index (χ4n) is 1.24. The van der Waals surface area contributed by atoms with E-state index < -0.39 is 23.2 Å². The lowest BCUT2D eigenvalue weighted by molar-refractivity contribution is 0.0686. The minimum Gasteiger partial charge on any atom is -0.477 e. The molecule has 0 aliphatic heterocycles. The zero-order valence-electron chi connectivity index (χ0n) is 7.96. The molecular weight excluding hydrogens is 202 g/mol. The molecule has 0 saturated carbocycles. The normalized spacial score (nSPS) is 10.0. The van der Waals surface area contributed by atoms with Crippen LogP contribution in [0.25, 0.3) is 0 Å². The van der Waals surface area contributed by atoms with Crippen LogP contribution in [0.2, 0.25) is 0 Å². The van der Waals surface area contributed by atoms with Gasteiger partial charge in [-0.15, -0.1) is 6.58 Å². The number of aromatic carboxylic acids is 1. The topological polar surface area (TPSA) is 37.3 Å². The Labute approximate surface area is 85.9 Å². The van der Waals surface area contributed by atoms with Gasteiger partial charge in [0.15, 0.2) is 0 Å². The number of allylic oxidation sites excluding steroid dienone is 1. The zero-order valence-corrected chi connectivity index (χ0v) is 7.96. The monoisotopic (exact) mass is 212 g/mol. The van der Waals surface area contributed by atoms with Crippen LogP contribution in [0.4, 0.5) is 8.78 Å². The van der Waals surface area contributed by atoms with Gasteiger partial charge in [-0.25, -0.2) is 13.6 Å². The molecule has 0 saturated heterocycles. The van der Waals surface area contributed by atoms with Crippen molar-refractivity contribution in [2.24, 2.45) is 0 Å². The highest BCUT2D eigenvalue weighted by Crippen LogP contribution is 2.16. The molecule has 0 bridgehead atoms. The van der Waals surface area contributed by atoms with Crippen molar-refractivity contribution in [3.63, 3.8) is 0 Å². The van der Waals surface area contributed by atoms with Crippen molar-refractivity contribution >= 4 is 5.97 Å². The van der Waals surface area contributed by atoms with E-state index in [-0.39, 0.29) is 0 Å². The highest BCUT2D eigenvalue weighted by molar-refractivity contribution is 5.88. The van der Waals surface area contributed by atoms with Crippen LogP contribution < -0.4 is 0 Å².